The minimum absolute atomic E-state index is 0.204. The van der Waals surface area contributed by atoms with Crippen molar-refractivity contribution >= 4 is 23.6 Å². The number of rotatable bonds is 4. The molecule has 2 fully saturated rings. The first-order valence-corrected chi connectivity index (χ1v) is 9.76. The molecule has 152 valence electrons. The van der Waals surface area contributed by atoms with Crippen LogP contribution in [-0.4, -0.2) is 71.2 Å². The third-order valence-corrected chi connectivity index (χ3v) is 5.33. The maximum Gasteiger partial charge on any atom is 0.338 e. The van der Waals surface area contributed by atoms with Crippen molar-refractivity contribution < 1.29 is 24.2 Å². The summed E-state index contributed by atoms with van der Waals surface area (Å²) in [6, 6.07) is 8.98. The number of para-hydroxylation sites is 1. The Morgan fingerprint density at radius 1 is 0.964 bits per heavy atom. The van der Waals surface area contributed by atoms with Crippen molar-refractivity contribution in [2.24, 2.45) is 0 Å². The molecule has 0 aromatic heterocycles. The van der Waals surface area contributed by atoms with Gasteiger partial charge in [0.25, 0.3) is 5.91 Å². The average molecular weight is 389 g/mol. The maximum absolute atomic E-state index is 12.3. The maximum atomic E-state index is 12.3. The van der Waals surface area contributed by atoms with E-state index in [-0.39, 0.29) is 18.5 Å². The van der Waals surface area contributed by atoms with Crippen molar-refractivity contribution in [3.63, 3.8) is 0 Å². The molecule has 1 heterocycles. The first-order chi connectivity index (χ1) is 13.5. The van der Waals surface area contributed by atoms with Gasteiger partial charge in [0.05, 0.1) is 0 Å². The van der Waals surface area contributed by atoms with E-state index in [4.69, 9.17) is 4.74 Å². The summed E-state index contributed by atoms with van der Waals surface area (Å²) in [5, 5.41) is 13.2. The number of urea groups is 1. The molecule has 28 heavy (non-hydrogen) atoms. The summed E-state index contributed by atoms with van der Waals surface area (Å²) in [4.78, 5) is 39.9. The Kier molecular flexibility index (Phi) is 6.51. The lowest BCUT2D eigenvalue weighted by Gasteiger charge is -2.35. The van der Waals surface area contributed by atoms with Crippen molar-refractivity contribution in [1.82, 2.24) is 9.80 Å². The van der Waals surface area contributed by atoms with Gasteiger partial charge in [0.2, 0.25) is 0 Å². The van der Waals surface area contributed by atoms with E-state index in [0.29, 0.717) is 39.0 Å². The predicted molar refractivity (Wildman–Crippen MR) is 103 cm³/mol. The van der Waals surface area contributed by atoms with E-state index in [2.05, 4.69) is 5.32 Å². The number of anilines is 1. The standard InChI is InChI=1S/C20H27N3O5/c24-17(15-28-18(25)20(27)9-5-2-6-10-20)22-11-13-23(14-12-22)19(26)21-16-7-3-1-4-8-16/h1,3-4,7-8,27H,2,5-6,9-15H2,(H,21,26). The molecule has 1 aromatic carbocycles. The van der Waals surface area contributed by atoms with Crippen LogP contribution in [0.25, 0.3) is 0 Å². The highest BCUT2D eigenvalue weighted by Crippen LogP contribution is 2.29. The number of benzene rings is 1. The molecule has 3 amide bonds. The molecule has 3 rings (SSSR count). The molecule has 2 N–H and O–H groups in total. The smallest absolute Gasteiger partial charge is 0.338 e. The molecule has 2 aliphatic rings. The fourth-order valence-electron chi connectivity index (χ4n) is 3.58. The number of hydrogen-bond donors (Lipinski definition) is 2. The van der Waals surface area contributed by atoms with Gasteiger partial charge < -0.3 is 25.0 Å². The van der Waals surface area contributed by atoms with E-state index < -0.39 is 11.6 Å². The van der Waals surface area contributed by atoms with E-state index in [9.17, 15) is 19.5 Å². The van der Waals surface area contributed by atoms with E-state index in [1.807, 2.05) is 30.3 Å². The average Bonchev–Trinajstić information content (AvgIpc) is 2.73. The number of nitrogens with zero attached hydrogens (tertiary/aromatic N) is 2. The van der Waals surface area contributed by atoms with Crippen LogP contribution in [0, 0.1) is 0 Å². The van der Waals surface area contributed by atoms with Crippen molar-refractivity contribution in [1.29, 1.82) is 0 Å². The van der Waals surface area contributed by atoms with Crippen LogP contribution in [0.15, 0.2) is 30.3 Å². The number of carbonyl (C=O) groups excluding carboxylic acids is 3. The van der Waals surface area contributed by atoms with Gasteiger partial charge in [0.1, 0.15) is 0 Å². The molecule has 0 unspecified atom stereocenters. The molecule has 1 saturated heterocycles. The van der Waals surface area contributed by atoms with E-state index in [0.717, 1.165) is 24.9 Å². The Morgan fingerprint density at radius 2 is 1.57 bits per heavy atom. The molecule has 1 aromatic rings. The number of piperazine rings is 1. The molecule has 8 nitrogen and oxygen atoms in total. The SMILES string of the molecule is O=C(COC(=O)C1(O)CCCCC1)N1CCN(C(=O)Nc2ccccc2)CC1. The van der Waals surface area contributed by atoms with E-state index in [1.165, 1.54) is 0 Å². The number of aliphatic hydroxyl groups is 1. The van der Waals surface area contributed by atoms with Crippen LogP contribution in [0.3, 0.4) is 0 Å². The predicted octanol–water partition coefficient (Wildman–Crippen LogP) is 1.60. The molecule has 0 radical (unpaired) electrons. The van der Waals surface area contributed by atoms with Crippen LogP contribution < -0.4 is 5.32 Å². The zero-order valence-electron chi connectivity index (χ0n) is 15.9. The molecule has 1 aliphatic heterocycles. The van der Waals surface area contributed by atoms with Crippen molar-refractivity contribution in [2.75, 3.05) is 38.1 Å². The van der Waals surface area contributed by atoms with Gasteiger partial charge in [-0.1, -0.05) is 24.6 Å². The summed E-state index contributed by atoms with van der Waals surface area (Å²) in [6.45, 7) is 1.19. The van der Waals surface area contributed by atoms with Gasteiger partial charge in [0.15, 0.2) is 12.2 Å². The number of hydrogen-bond acceptors (Lipinski definition) is 5. The number of carbonyl (C=O) groups is 3. The highest BCUT2D eigenvalue weighted by atomic mass is 16.6. The number of amides is 3. The molecular formula is C20H27N3O5. The zero-order valence-corrected chi connectivity index (χ0v) is 15.9. The lowest BCUT2D eigenvalue weighted by Crippen LogP contribution is -2.52. The number of nitrogens with one attached hydrogen (secondary N) is 1. The second kappa shape index (κ2) is 9.05. The summed E-state index contributed by atoms with van der Waals surface area (Å²) < 4.78 is 5.08. The van der Waals surface area contributed by atoms with E-state index in [1.54, 1.807) is 9.80 Å². The quantitative estimate of drug-likeness (QED) is 0.762. The third-order valence-electron chi connectivity index (χ3n) is 5.33. The van der Waals surface area contributed by atoms with Gasteiger partial charge in [-0.25, -0.2) is 9.59 Å². The van der Waals surface area contributed by atoms with Crippen LogP contribution in [0.5, 0.6) is 0 Å². The van der Waals surface area contributed by atoms with Gasteiger partial charge >= 0.3 is 12.0 Å². The van der Waals surface area contributed by atoms with Crippen LogP contribution in [0.4, 0.5) is 10.5 Å². The van der Waals surface area contributed by atoms with Crippen molar-refractivity contribution in [3.8, 4) is 0 Å². The number of esters is 1. The topological polar surface area (TPSA) is 99.2 Å². The van der Waals surface area contributed by atoms with Crippen molar-refractivity contribution in [2.45, 2.75) is 37.7 Å². The van der Waals surface area contributed by atoms with Gasteiger partial charge in [-0.3, -0.25) is 4.79 Å². The lowest BCUT2D eigenvalue weighted by atomic mass is 9.85. The number of ether oxygens (including phenoxy) is 1. The zero-order chi connectivity index (χ0) is 20.0. The monoisotopic (exact) mass is 389 g/mol. The molecule has 1 aliphatic carbocycles. The van der Waals surface area contributed by atoms with Gasteiger partial charge in [-0.15, -0.1) is 0 Å². The minimum Gasteiger partial charge on any atom is -0.453 e. The van der Waals surface area contributed by atoms with Gasteiger partial charge in [-0.05, 0) is 37.8 Å². The molecular weight excluding hydrogens is 362 g/mol. The fraction of sp³-hybridized carbons (Fsp3) is 0.550. The molecule has 8 heteroatoms. The third kappa shape index (κ3) is 5.01. The molecule has 0 bridgehead atoms. The summed E-state index contributed by atoms with van der Waals surface area (Å²) >= 11 is 0. The van der Waals surface area contributed by atoms with Crippen LogP contribution in [0.2, 0.25) is 0 Å². The highest BCUT2D eigenvalue weighted by molar-refractivity contribution is 5.89. The lowest BCUT2D eigenvalue weighted by molar-refractivity contribution is -0.172. The van der Waals surface area contributed by atoms with Crippen LogP contribution >= 0.6 is 0 Å². The second-order valence-electron chi connectivity index (χ2n) is 7.33. The Labute approximate surface area is 164 Å². The summed E-state index contributed by atoms with van der Waals surface area (Å²) in [5.41, 5.74) is -0.731. The Morgan fingerprint density at radius 3 is 2.21 bits per heavy atom. The molecule has 1 saturated carbocycles. The summed E-state index contributed by atoms with van der Waals surface area (Å²) in [5.74, 6) is -1.02. The Balaban J connectivity index is 1.41. The van der Waals surface area contributed by atoms with Crippen LogP contribution in [-0.2, 0) is 14.3 Å². The Hall–Kier alpha value is -2.61. The summed E-state index contributed by atoms with van der Waals surface area (Å²) in [7, 11) is 0. The van der Waals surface area contributed by atoms with Crippen LogP contribution in [0.1, 0.15) is 32.1 Å². The highest BCUT2D eigenvalue weighted by Gasteiger charge is 2.39. The second-order valence-corrected chi connectivity index (χ2v) is 7.33. The van der Waals surface area contributed by atoms with E-state index >= 15 is 0 Å². The Bertz CT molecular complexity index is 695. The fourth-order valence-corrected chi connectivity index (χ4v) is 3.58. The first kappa shape index (κ1) is 20.1. The minimum atomic E-state index is -1.45. The molecule has 0 spiro atoms. The molecule has 0 atom stereocenters. The summed E-state index contributed by atoms with van der Waals surface area (Å²) in [6.07, 6.45) is 3.33. The largest absolute Gasteiger partial charge is 0.453 e. The first-order valence-electron chi connectivity index (χ1n) is 9.76. The van der Waals surface area contributed by atoms with Gasteiger partial charge in [0, 0.05) is 31.9 Å². The van der Waals surface area contributed by atoms with Crippen molar-refractivity contribution in [3.05, 3.63) is 30.3 Å². The van der Waals surface area contributed by atoms with Gasteiger partial charge in [-0.2, -0.15) is 0 Å². The normalized spacial score (nSPS) is 19.0.